The number of amides is 1. The Morgan fingerprint density at radius 1 is 1.25 bits per heavy atom. The number of nitrogens with one attached hydrogen (secondary N) is 1. The first-order chi connectivity index (χ1) is 9.47. The predicted molar refractivity (Wildman–Crippen MR) is 76.8 cm³/mol. The summed E-state index contributed by atoms with van der Waals surface area (Å²) in [6.45, 7) is 5.48. The summed E-state index contributed by atoms with van der Waals surface area (Å²) in [5, 5.41) is 2.71. The van der Waals surface area contributed by atoms with Crippen LogP contribution in [0.3, 0.4) is 0 Å². The standard InChI is InChI=1S/C15H22N2O3/c1-4-20-15(19)13(12-8-6-5-7-9-12)17-14(18)10(2)11(3)16/h5-11,13H,4,16H2,1-3H3,(H,17,18)/t10?,11?,13-/m1/s1. The van der Waals surface area contributed by atoms with Crippen LogP contribution >= 0.6 is 0 Å². The van der Waals surface area contributed by atoms with E-state index in [1.165, 1.54) is 0 Å². The van der Waals surface area contributed by atoms with Gasteiger partial charge in [0.05, 0.1) is 6.61 Å². The smallest absolute Gasteiger partial charge is 0.333 e. The molecule has 0 fully saturated rings. The first-order valence-electron chi connectivity index (χ1n) is 6.74. The van der Waals surface area contributed by atoms with Gasteiger partial charge in [-0.25, -0.2) is 4.79 Å². The summed E-state index contributed by atoms with van der Waals surface area (Å²) in [7, 11) is 0. The number of benzene rings is 1. The van der Waals surface area contributed by atoms with Crippen molar-refractivity contribution in [3.8, 4) is 0 Å². The second-order valence-corrected chi connectivity index (χ2v) is 4.75. The SMILES string of the molecule is CCOC(=O)[C@H](NC(=O)C(C)C(C)N)c1ccccc1. The summed E-state index contributed by atoms with van der Waals surface area (Å²) >= 11 is 0. The average molecular weight is 278 g/mol. The second-order valence-electron chi connectivity index (χ2n) is 4.75. The van der Waals surface area contributed by atoms with Crippen molar-refractivity contribution in [1.29, 1.82) is 0 Å². The van der Waals surface area contributed by atoms with Crippen LogP contribution in [0.2, 0.25) is 0 Å². The van der Waals surface area contributed by atoms with Crippen LogP contribution in [0.5, 0.6) is 0 Å². The highest BCUT2D eigenvalue weighted by Gasteiger charge is 2.27. The molecule has 5 heteroatoms. The molecule has 1 rings (SSSR count). The Kier molecular flexibility index (Phi) is 6.18. The topological polar surface area (TPSA) is 81.4 Å². The number of carbonyl (C=O) groups is 2. The van der Waals surface area contributed by atoms with E-state index in [1.807, 2.05) is 18.2 Å². The van der Waals surface area contributed by atoms with Gasteiger partial charge in [0.2, 0.25) is 5.91 Å². The normalized spacial score (nSPS) is 15.0. The molecule has 0 aromatic heterocycles. The third-order valence-corrected chi connectivity index (χ3v) is 3.14. The van der Waals surface area contributed by atoms with E-state index in [0.717, 1.165) is 0 Å². The minimum Gasteiger partial charge on any atom is -0.464 e. The van der Waals surface area contributed by atoms with Gasteiger partial charge in [-0.1, -0.05) is 37.3 Å². The third kappa shape index (κ3) is 4.35. The fourth-order valence-electron chi connectivity index (χ4n) is 1.66. The van der Waals surface area contributed by atoms with Crippen molar-refractivity contribution in [1.82, 2.24) is 5.32 Å². The van der Waals surface area contributed by atoms with Crippen LogP contribution in [0.1, 0.15) is 32.4 Å². The van der Waals surface area contributed by atoms with Crippen molar-refractivity contribution in [3.63, 3.8) is 0 Å². The maximum atomic E-state index is 12.1. The molecule has 0 spiro atoms. The van der Waals surface area contributed by atoms with Crippen LogP contribution in [-0.4, -0.2) is 24.5 Å². The van der Waals surface area contributed by atoms with Crippen LogP contribution in [0.25, 0.3) is 0 Å². The van der Waals surface area contributed by atoms with Gasteiger partial charge < -0.3 is 15.8 Å². The van der Waals surface area contributed by atoms with E-state index < -0.39 is 12.0 Å². The van der Waals surface area contributed by atoms with Gasteiger partial charge in [0.25, 0.3) is 0 Å². The highest BCUT2D eigenvalue weighted by atomic mass is 16.5. The molecule has 0 saturated heterocycles. The van der Waals surface area contributed by atoms with Gasteiger partial charge in [-0.2, -0.15) is 0 Å². The number of hydrogen-bond acceptors (Lipinski definition) is 4. The Hall–Kier alpha value is -1.88. The molecule has 5 nitrogen and oxygen atoms in total. The van der Waals surface area contributed by atoms with Crippen molar-refractivity contribution >= 4 is 11.9 Å². The minimum absolute atomic E-state index is 0.262. The van der Waals surface area contributed by atoms with E-state index in [-0.39, 0.29) is 24.5 Å². The Morgan fingerprint density at radius 3 is 2.35 bits per heavy atom. The molecule has 1 amide bonds. The fraction of sp³-hybridized carbons (Fsp3) is 0.467. The molecule has 0 bridgehead atoms. The summed E-state index contributed by atoms with van der Waals surface area (Å²) in [6.07, 6.45) is 0. The Labute approximate surface area is 119 Å². The average Bonchev–Trinajstić information content (AvgIpc) is 2.44. The van der Waals surface area contributed by atoms with E-state index in [9.17, 15) is 9.59 Å². The molecule has 1 aromatic carbocycles. The quantitative estimate of drug-likeness (QED) is 0.770. The van der Waals surface area contributed by atoms with E-state index in [2.05, 4.69) is 5.32 Å². The van der Waals surface area contributed by atoms with Crippen molar-refractivity contribution in [2.45, 2.75) is 32.9 Å². The minimum atomic E-state index is -0.801. The maximum Gasteiger partial charge on any atom is 0.333 e. The molecule has 0 aliphatic heterocycles. The van der Waals surface area contributed by atoms with Gasteiger partial charge in [-0.15, -0.1) is 0 Å². The summed E-state index contributed by atoms with van der Waals surface area (Å²) in [5.41, 5.74) is 6.40. The number of ether oxygens (including phenoxy) is 1. The number of nitrogens with two attached hydrogens (primary N) is 1. The molecule has 0 radical (unpaired) electrons. The summed E-state index contributed by atoms with van der Waals surface area (Å²) in [4.78, 5) is 24.1. The van der Waals surface area contributed by atoms with Crippen molar-refractivity contribution in [2.24, 2.45) is 11.7 Å². The number of rotatable bonds is 6. The van der Waals surface area contributed by atoms with Gasteiger partial charge in [0.15, 0.2) is 6.04 Å². The van der Waals surface area contributed by atoms with Gasteiger partial charge in [0, 0.05) is 12.0 Å². The molecule has 0 aliphatic rings. The zero-order chi connectivity index (χ0) is 15.1. The van der Waals surface area contributed by atoms with Crippen LogP contribution in [0.4, 0.5) is 0 Å². The predicted octanol–water partition coefficient (Wildman–Crippen LogP) is 1.39. The van der Waals surface area contributed by atoms with Crippen LogP contribution in [-0.2, 0) is 14.3 Å². The molecule has 1 aromatic rings. The van der Waals surface area contributed by atoms with Crippen LogP contribution in [0, 0.1) is 5.92 Å². The maximum absolute atomic E-state index is 12.1. The molecule has 20 heavy (non-hydrogen) atoms. The third-order valence-electron chi connectivity index (χ3n) is 3.14. The molecule has 110 valence electrons. The number of hydrogen-bond donors (Lipinski definition) is 2. The first kappa shape index (κ1) is 16.2. The van der Waals surface area contributed by atoms with E-state index >= 15 is 0 Å². The largest absolute Gasteiger partial charge is 0.464 e. The van der Waals surface area contributed by atoms with E-state index in [1.54, 1.807) is 32.9 Å². The molecule has 0 heterocycles. The molecular formula is C15H22N2O3. The summed E-state index contributed by atoms with van der Waals surface area (Å²) < 4.78 is 5.01. The molecule has 0 aliphatic carbocycles. The Bertz CT molecular complexity index is 446. The number of esters is 1. The van der Waals surface area contributed by atoms with E-state index in [4.69, 9.17) is 10.5 Å². The van der Waals surface area contributed by atoms with Crippen molar-refractivity contribution in [2.75, 3.05) is 6.61 Å². The summed E-state index contributed by atoms with van der Waals surface area (Å²) in [5.74, 6) is -1.11. The highest BCUT2D eigenvalue weighted by Crippen LogP contribution is 2.15. The van der Waals surface area contributed by atoms with Gasteiger partial charge in [-0.05, 0) is 19.4 Å². The Morgan fingerprint density at radius 2 is 1.85 bits per heavy atom. The summed E-state index contributed by atoms with van der Waals surface area (Å²) in [6, 6.07) is 7.93. The first-order valence-corrected chi connectivity index (χ1v) is 6.74. The van der Waals surface area contributed by atoms with Crippen LogP contribution < -0.4 is 11.1 Å². The lowest BCUT2D eigenvalue weighted by Gasteiger charge is -2.21. The second kappa shape index (κ2) is 7.65. The molecular weight excluding hydrogens is 256 g/mol. The van der Waals surface area contributed by atoms with Crippen LogP contribution in [0.15, 0.2) is 30.3 Å². The zero-order valence-electron chi connectivity index (χ0n) is 12.1. The molecule has 3 N–H and O–H groups in total. The van der Waals surface area contributed by atoms with Gasteiger partial charge >= 0.3 is 5.97 Å². The lowest BCUT2D eigenvalue weighted by atomic mass is 10.0. The zero-order valence-corrected chi connectivity index (χ0v) is 12.1. The van der Waals surface area contributed by atoms with Gasteiger partial charge in [0.1, 0.15) is 0 Å². The Balaban J connectivity index is 2.89. The number of carbonyl (C=O) groups excluding carboxylic acids is 2. The van der Waals surface area contributed by atoms with E-state index in [0.29, 0.717) is 5.56 Å². The van der Waals surface area contributed by atoms with Gasteiger partial charge in [-0.3, -0.25) is 4.79 Å². The monoisotopic (exact) mass is 278 g/mol. The fourth-order valence-corrected chi connectivity index (χ4v) is 1.66. The molecule has 0 saturated carbocycles. The molecule has 2 unspecified atom stereocenters. The van der Waals surface area contributed by atoms with Crippen molar-refractivity contribution in [3.05, 3.63) is 35.9 Å². The lowest BCUT2D eigenvalue weighted by molar-refractivity contribution is -0.148. The lowest BCUT2D eigenvalue weighted by Crippen LogP contribution is -2.42. The van der Waals surface area contributed by atoms with Crippen molar-refractivity contribution < 1.29 is 14.3 Å². The molecule has 3 atom stereocenters. The highest BCUT2D eigenvalue weighted by molar-refractivity contribution is 5.86.